The van der Waals surface area contributed by atoms with Crippen molar-refractivity contribution in [3.8, 4) is 0 Å². The lowest BCUT2D eigenvalue weighted by Crippen LogP contribution is -2.48. The van der Waals surface area contributed by atoms with E-state index in [0.717, 1.165) is 6.42 Å². The van der Waals surface area contributed by atoms with Gasteiger partial charge in [-0.15, -0.1) is 0 Å². The van der Waals surface area contributed by atoms with Crippen LogP contribution in [-0.2, 0) is 4.79 Å². The van der Waals surface area contributed by atoms with E-state index in [0.29, 0.717) is 12.5 Å². The number of carbonyl (C=O) groups excluding carboxylic acids is 1. The molecule has 78 valence electrons. The molecule has 0 aliphatic heterocycles. The van der Waals surface area contributed by atoms with Crippen molar-refractivity contribution in [3.63, 3.8) is 0 Å². The summed E-state index contributed by atoms with van der Waals surface area (Å²) in [6.45, 7) is 6.24. The molecule has 0 saturated carbocycles. The van der Waals surface area contributed by atoms with Crippen LogP contribution in [0.1, 0.15) is 27.2 Å². The second-order valence-corrected chi connectivity index (χ2v) is 3.52. The molecule has 0 aromatic carbocycles. The Kier molecular flexibility index (Phi) is 5.66. The first-order valence-corrected chi connectivity index (χ1v) is 4.70. The molecule has 1 unspecified atom stereocenters. The minimum absolute atomic E-state index is 0.282. The molecular formula is C9H20N2O2. The van der Waals surface area contributed by atoms with E-state index < -0.39 is 12.1 Å². The van der Waals surface area contributed by atoms with Gasteiger partial charge in [0.05, 0.1) is 6.10 Å². The third kappa shape index (κ3) is 4.85. The number of carbonyl (C=O) groups is 1. The minimum Gasteiger partial charge on any atom is -0.391 e. The van der Waals surface area contributed by atoms with Crippen molar-refractivity contribution in [1.29, 1.82) is 0 Å². The van der Waals surface area contributed by atoms with Gasteiger partial charge in [-0.25, -0.2) is 0 Å². The molecule has 0 heterocycles. The van der Waals surface area contributed by atoms with E-state index in [9.17, 15) is 4.79 Å². The Balaban J connectivity index is 3.74. The maximum atomic E-state index is 11.2. The van der Waals surface area contributed by atoms with E-state index in [4.69, 9.17) is 10.8 Å². The second kappa shape index (κ2) is 5.94. The van der Waals surface area contributed by atoms with E-state index in [1.807, 2.05) is 6.92 Å². The fourth-order valence-electron chi connectivity index (χ4n) is 0.756. The summed E-state index contributed by atoms with van der Waals surface area (Å²) >= 11 is 0. The third-order valence-electron chi connectivity index (χ3n) is 2.14. The number of aliphatic hydroxyl groups is 1. The molecule has 4 heteroatoms. The second-order valence-electron chi connectivity index (χ2n) is 3.52. The summed E-state index contributed by atoms with van der Waals surface area (Å²) in [7, 11) is 0. The number of hydrogen-bond acceptors (Lipinski definition) is 3. The van der Waals surface area contributed by atoms with Crippen LogP contribution >= 0.6 is 0 Å². The molecule has 0 aromatic heterocycles. The van der Waals surface area contributed by atoms with Crippen LogP contribution in [0.4, 0.5) is 0 Å². The Morgan fingerprint density at radius 3 is 2.46 bits per heavy atom. The van der Waals surface area contributed by atoms with Gasteiger partial charge in [-0.05, 0) is 12.8 Å². The summed E-state index contributed by atoms with van der Waals surface area (Å²) in [6, 6.07) is -0.816. The van der Waals surface area contributed by atoms with Gasteiger partial charge in [-0.2, -0.15) is 0 Å². The van der Waals surface area contributed by atoms with Crippen molar-refractivity contribution in [2.24, 2.45) is 11.7 Å². The number of nitrogens with one attached hydrogen (secondary N) is 1. The smallest absolute Gasteiger partial charge is 0.239 e. The molecule has 0 bridgehead atoms. The number of hydrogen-bond donors (Lipinski definition) is 3. The van der Waals surface area contributed by atoms with Crippen molar-refractivity contribution in [1.82, 2.24) is 5.32 Å². The molecular weight excluding hydrogens is 168 g/mol. The van der Waals surface area contributed by atoms with Gasteiger partial charge in [0, 0.05) is 6.54 Å². The molecule has 0 aromatic rings. The fraction of sp³-hybridized carbons (Fsp3) is 0.889. The summed E-state index contributed by atoms with van der Waals surface area (Å²) in [4.78, 5) is 11.2. The standard InChI is InChI=1S/C9H20N2O2/c1-4-6(2)5-11-9(13)8(10)7(3)12/h6-8,12H,4-5,10H2,1-3H3,(H,11,13)/t6?,7-,8+/m1/s1. The molecule has 0 rings (SSSR count). The number of nitrogens with two attached hydrogens (primary N) is 1. The Morgan fingerprint density at radius 1 is 1.54 bits per heavy atom. The number of rotatable bonds is 5. The van der Waals surface area contributed by atoms with Crippen molar-refractivity contribution in [3.05, 3.63) is 0 Å². The van der Waals surface area contributed by atoms with Gasteiger partial charge >= 0.3 is 0 Å². The average molecular weight is 188 g/mol. The molecule has 0 spiro atoms. The van der Waals surface area contributed by atoms with Gasteiger partial charge in [-0.3, -0.25) is 4.79 Å². The van der Waals surface area contributed by atoms with Gasteiger partial charge in [0.2, 0.25) is 5.91 Å². The van der Waals surface area contributed by atoms with E-state index in [2.05, 4.69) is 12.2 Å². The summed E-state index contributed by atoms with van der Waals surface area (Å²) in [5.74, 6) is 0.167. The van der Waals surface area contributed by atoms with Crippen molar-refractivity contribution < 1.29 is 9.90 Å². The first-order chi connectivity index (χ1) is 5.99. The maximum Gasteiger partial charge on any atom is 0.239 e. The number of aliphatic hydroxyl groups excluding tert-OH is 1. The highest BCUT2D eigenvalue weighted by atomic mass is 16.3. The van der Waals surface area contributed by atoms with Gasteiger partial charge < -0.3 is 16.2 Å². The van der Waals surface area contributed by atoms with Crippen LogP contribution in [0.15, 0.2) is 0 Å². The van der Waals surface area contributed by atoms with Crippen LogP contribution in [0.2, 0.25) is 0 Å². The fourth-order valence-corrected chi connectivity index (χ4v) is 0.756. The summed E-state index contributed by atoms with van der Waals surface area (Å²) < 4.78 is 0. The van der Waals surface area contributed by atoms with Crippen molar-refractivity contribution in [2.45, 2.75) is 39.3 Å². The minimum atomic E-state index is -0.816. The van der Waals surface area contributed by atoms with Crippen LogP contribution in [-0.4, -0.2) is 29.7 Å². The maximum absolute atomic E-state index is 11.2. The van der Waals surface area contributed by atoms with Crippen molar-refractivity contribution >= 4 is 5.91 Å². The molecule has 0 aliphatic carbocycles. The Morgan fingerprint density at radius 2 is 2.08 bits per heavy atom. The molecule has 13 heavy (non-hydrogen) atoms. The van der Waals surface area contributed by atoms with Crippen LogP contribution in [0, 0.1) is 5.92 Å². The molecule has 0 fully saturated rings. The van der Waals surface area contributed by atoms with E-state index in [-0.39, 0.29) is 5.91 Å². The lowest BCUT2D eigenvalue weighted by molar-refractivity contribution is -0.124. The van der Waals surface area contributed by atoms with Gasteiger partial charge in [0.15, 0.2) is 0 Å². The highest BCUT2D eigenvalue weighted by Crippen LogP contribution is 1.97. The quantitative estimate of drug-likeness (QED) is 0.562. The Hall–Kier alpha value is -0.610. The highest BCUT2D eigenvalue weighted by molar-refractivity contribution is 5.82. The molecule has 0 aliphatic rings. The topological polar surface area (TPSA) is 75.4 Å². The average Bonchev–Trinajstić information content (AvgIpc) is 2.11. The third-order valence-corrected chi connectivity index (χ3v) is 2.14. The number of amides is 1. The van der Waals surface area contributed by atoms with Crippen molar-refractivity contribution in [2.75, 3.05) is 6.54 Å². The van der Waals surface area contributed by atoms with Crippen LogP contribution in [0.5, 0.6) is 0 Å². The molecule has 0 radical (unpaired) electrons. The zero-order valence-corrected chi connectivity index (χ0v) is 8.58. The van der Waals surface area contributed by atoms with E-state index in [1.54, 1.807) is 0 Å². The normalized spacial score (nSPS) is 17.6. The van der Waals surface area contributed by atoms with Crippen LogP contribution in [0.3, 0.4) is 0 Å². The molecule has 4 N–H and O–H groups in total. The zero-order chi connectivity index (χ0) is 10.4. The molecule has 4 nitrogen and oxygen atoms in total. The van der Waals surface area contributed by atoms with Crippen LogP contribution < -0.4 is 11.1 Å². The summed E-state index contributed by atoms with van der Waals surface area (Å²) in [6.07, 6.45) is 0.224. The largest absolute Gasteiger partial charge is 0.391 e. The molecule has 3 atom stereocenters. The lowest BCUT2D eigenvalue weighted by atomic mass is 10.1. The predicted octanol–water partition coefficient (Wildman–Crippen LogP) is -0.143. The zero-order valence-electron chi connectivity index (χ0n) is 8.58. The monoisotopic (exact) mass is 188 g/mol. The molecule has 1 amide bonds. The first kappa shape index (κ1) is 12.4. The van der Waals surface area contributed by atoms with Gasteiger partial charge in [-0.1, -0.05) is 20.3 Å². The predicted molar refractivity (Wildman–Crippen MR) is 52.1 cm³/mol. The molecule has 0 saturated heterocycles. The lowest BCUT2D eigenvalue weighted by Gasteiger charge is -2.16. The van der Waals surface area contributed by atoms with Gasteiger partial charge in [0.1, 0.15) is 6.04 Å². The van der Waals surface area contributed by atoms with E-state index in [1.165, 1.54) is 6.92 Å². The van der Waals surface area contributed by atoms with Gasteiger partial charge in [0.25, 0.3) is 0 Å². The highest BCUT2D eigenvalue weighted by Gasteiger charge is 2.18. The Bertz CT molecular complexity index is 160. The van der Waals surface area contributed by atoms with E-state index >= 15 is 0 Å². The summed E-state index contributed by atoms with van der Waals surface area (Å²) in [5, 5.41) is 11.7. The summed E-state index contributed by atoms with van der Waals surface area (Å²) in [5.41, 5.74) is 5.43. The SMILES string of the molecule is CCC(C)CNC(=O)[C@@H](N)[C@@H](C)O. The van der Waals surface area contributed by atoms with Crippen LogP contribution in [0.25, 0.3) is 0 Å². The Labute approximate surface area is 79.5 Å². The first-order valence-electron chi connectivity index (χ1n) is 4.70.